The van der Waals surface area contributed by atoms with Gasteiger partial charge in [0.1, 0.15) is 11.1 Å². The second-order valence-corrected chi connectivity index (χ2v) is 6.85. The average molecular weight is 365 g/mol. The van der Waals surface area contributed by atoms with Crippen LogP contribution in [0.25, 0.3) is 27.8 Å². The van der Waals surface area contributed by atoms with Gasteiger partial charge < -0.3 is 10.2 Å². The number of nitrogens with two attached hydrogens (primary N) is 1. The Morgan fingerprint density at radius 3 is 2.81 bits per heavy atom. The normalized spacial score (nSPS) is 11.3. The molecule has 0 aliphatic rings. The fraction of sp³-hybridized carbons (Fsp3) is 0.105. The number of primary amides is 1. The fourth-order valence-corrected chi connectivity index (χ4v) is 3.59. The van der Waals surface area contributed by atoms with Crippen LogP contribution in [-0.4, -0.2) is 21.2 Å². The Hall–Kier alpha value is -3.06. The average Bonchev–Trinajstić information content (AvgIpc) is 2.99. The molecule has 0 fully saturated rings. The van der Waals surface area contributed by atoms with Gasteiger partial charge in [0, 0.05) is 5.39 Å². The summed E-state index contributed by atoms with van der Waals surface area (Å²) in [6.45, 7) is 1.94. The number of hydrogen-bond acceptors (Lipinski definition) is 5. The maximum Gasteiger partial charge on any atom is 0.302 e. The summed E-state index contributed by atoms with van der Waals surface area (Å²) in [4.78, 5) is 29.1. The highest BCUT2D eigenvalue weighted by atomic mass is 32.2. The zero-order chi connectivity index (χ0) is 18.3. The predicted molar refractivity (Wildman–Crippen MR) is 102 cm³/mol. The van der Waals surface area contributed by atoms with E-state index >= 15 is 0 Å². The summed E-state index contributed by atoms with van der Waals surface area (Å²) in [7, 11) is 0. The van der Waals surface area contributed by atoms with E-state index in [1.807, 2.05) is 49.4 Å². The molecule has 6 nitrogen and oxygen atoms in total. The van der Waals surface area contributed by atoms with Crippen LogP contribution in [0.5, 0.6) is 0 Å². The second-order valence-electron chi connectivity index (χ2n) is 5.90. The Bertz CT molecular complexity index is 1210. The van der Waals surface area contributed by atoms with Gasteiger partial charge in [0.05, 0.1) is 11.4 Å². The highest BCUT2D eigenvalue weighted by Crippen LogP contribution is 2.28. The molecule has 0 radical (unpaired) electrons. The molecule has 0 spiro atoms. The Balaban J connectivity index is 2.05. The summed E-state index contributed by atoms with van der Waals surface area (Å²) in [6, 6.07) is 14.9. The van der Waals surface area contributed by atoms with Crippen LogP contribution in [0.15, 0.2) is 62.9 Å². The number of hydrogen-bond donors (Lipinski definition) is 1. The molecule has 0 saturated heterocycles. The molecule has 4 aromatic rings. The molecule has 7 heteroatoms. The first-order valence-corrected chi connectivity index (χ1v) is 8.95. The van der Waals surface area contributed by atoms with E-state index in [0.717, 1.165) is 22.7 Å². The summed E-state index contributed by atoms with van der Waals surface area (Å²) in [5.74, 6) is -0.447. The standard InChI is InChI=1S/C19H15N3O3S/c1-11-5-4-6-12(9-11)22-18(24)17-16(21-19(22)26-10-15(20)23)13-7-2-3-8-14(13)25-17/h2-9H,10H2,1H3,(H2,20,23). The van der Waals surface area contributed by atoms with Gasteiger partial charge in [0.15, 0.2) is 5.16 Å². The molecule has 2 heterocycles. The van der Waals surface area contributed by atoms with Crippen LogP contribution in [0.4, 0.5) is 0 Å². The lowest BCUT2D eigenvalue weighted by Crippen LogP contribution is -2.22. The molecule has 0 saturated carbocycles. The first kappa shape index (κ1) is 16.4. The number of fused-ring (bicyclic) bond motifs is 3. The third-order valence-corrected chi connectivity index (χ3v) is 4.93. The van der Waals surface area contributed by atoms with Crippen molar-refractivity contribution in [1.29, 1.82) is 0 Å². The van der Waals surface area contributed by atoms with Gasteiger partial charge in [-0.3, -0.25) is 14.2 Å². The lowest BCUT2D eigenvalue weighted by atomic mass is 10.2. The van der Waals surface area contributed by atoms with Crippen LogP contribution in [0, 0.1) is 6.92 Å². The number of aromatic nitrogens is 2. The first-order valence-electron chi connectivity index (χ1n) is 7.97. The Kier molecular flexibility index (Phi) is 4.00. The number of thioether (sulfide) groups is 1. The van der Waals surface area contributed by atoms with Gasteiger partial charge in [-0.05, 0) is 36.8 Å². The highest BCUT2D eigenvalue weighted by Gasteiger charge is 2.19. The Morgan fingerprint density at radius 2 is 2.04 bits per heavy atom. The van der Waals surface area contributed by atoms with E-state index in [0.29, 0.717) is 21.9 Å². The molecule has 0 unspecified atom stereocenters. The molecule has 2 aromatic heterocycles. The third kappa shape index (κ3) is 2.76. The van der Waals surface area contributed by atoms with Crippen molar-refractivity contribution in [3.8, 4) is 5.69 Å². The van der Waals surface area contributed by atoms with E-state index in [2.05, 4.69) is 4.98 Å². The van der Waals surface area contributed by atoms with E-state index in [-0.39, 0.29) is 16.9 Å². The Morgan fingerprint density at radius 1 is 1.23 bits per heavy atom. The number of furan rings is 1. The van der Waals surface area contributed by atoms with Gasteiger partial charge in [0.2, 0.25) is 11.5 Å². The molecule has 1 amide bonds. The maximum absolute atomic E-state index is 13.2. The lowest BCUT2D eigenvalue weighted by molar-refractivity contribution is -0.115. The van der Waals surface area contributed by atoms with Gasteiger partial charge in [-0.25, -0.2) is 4.98 Å². The molecule has 26 heavy (non-hydrogen) atoms. The van der Waals surface area contributed by atoms with Gasteiger partial charge in [0.25, 0.3) is 0 Å². The minimum absolute atomic E-state index is 0.0273. The fourth-order valence-electron chi connectivity index (χ4n) is 2.85. The van der Waals surface area contributed by atoms with Crippen molar-refractivity contribution in [2.24, 2.45) is 5.73 Å². The summed E-state index contributed by atoms with van der Waals surface area (Å²) >= 11 is 1.13. The van der Waals surface area contributed by atoms with Crippen molar-refractivity contribution in [3.05, 3.63) is 64.4 Å². The smallest absolute Gasteiger partial charge is 0.302 e. The maximum atomic E-state index is 13.2. The zero-order valence-electron chi connectivity index (χ0n) is 13.9. The molecular formula is C19H15N3O3S. The molecule has 0 bridgehead atoms. The van der Waals surface area contributed by atoms with Crippen LogP contribution in [-0.2, 0) is 4.79 Å². The highest BCUT2D eigenvalue weighted by molar-refractivity contribution is 7.99. The van der Waals surface area contributed by atoms with Gasteiger partial charge in [-0.15, -0.1) is 0 Å². The number of carbonyl (C=O) groups is 1. The van der Waals surface area contributed by atoms with E-state index < -0.39 is 5.91 Å². The van der Waals surface area contributed by atoms with Crippen LogP contribution in [0.2, 0.25) is 0 Å². The van der Waals surface area contributed by atoms with E-state index in [9.17, 15) is 9.59 Å². The van der Waals surface area contributed by atoms with Crippen LogP contribution in [0.1, 0.15) is 5.56 Å². The number of nitrogens with zero attached hydrogens (tertiary/aromatic N) is 2. The molecule has 2 N–H and O–H groups in total. The number of carbonyl (C=O) groups excluding carboxylic acids is 1. The van der Waals surface area contributed by atoms with Crippen LogP contribution in [0.3, 0.4) is 0 Å². The molecule has 4 rings (SSSR count). The summed E-state index contributed by atoms with van der Waals surface area (Å²) < 4.78 is 7.22. The predicted octanol–water partition coefficient (Wildman–Crippen LogP) is 3.02. The van der Waals surface area contributed by atoms with Gasteiger partial charge >= 0.3 is 5.56 Å². The van der Waals surface area contributed by atoms with Crippen molar-refractivity contribution in [1.82, 2.24) is 9.55 Å². The molecular weight excluding hydrogens is 350 g/mol. The molecule has 0 aliphatic heterocycles. The molecule has 0 aliphatic carbocycles. The topological polar surface area (TPSA) is 91.1 Å². The van der Waals surface area contributed by atoms with Gasteiger partial charge in [-0.2, -0.15) is 0 Å². The number of aryl methyl sites for hydroxylation is 1. The summed E-state index contributed by atoms with van der Waals surface area (Å²) in [5, 5.41) is 1.16. The zero-order valence-corrected chi connectivity index (χ0v) is 14.7. The minimum Gasteiger partial charge on any atom is -0.448 e. The molecule has 0 atom stereocenters. The second kappa shape index (κ2) is 6.34. The first-order chi connectivity index (χ1) is 12.5. The van der Waals surface area contributed by atoms with Crippen molar-refractivity contribution >= 4 is 39.7 Å². The SMILES string of the molecule is Cc1cccc(-n2c(SCC(N)=O)nc3c(oc4ccccc43)c2=O)c1. The minimum atomic E-state index is -0.475. The van der Waals surface area contributed by atoms with Crippen LogP contribution < -0.4 is 11.3 Å². The summed E-state index contributed by atoms with van der Waals surface area (Å²) in [5.41, 5.74) is 7.91. The van der Waals surface area contributed by atoms with Crippen molar-refractivity contribution < 1.29 is 9.21 Å². The van der Waals surface area contributed by atoms with Gasteiger partial charge in [-0.1, -0.05) is 36.0 Å². The number of para-hydroxylation sites is 1. The van der Waals surface area contributed by atoms with E-state index in [1.165, 1.54) is 4.57 Å². The molecule has 2 aromatic carbocycles. The largest absolute Gasteiger partial charge is 0.448 e. The quantitative estimate of drug-likeness (QED) is 0.443. The molecule has 130 valence electrons. The number of amides is 1. The summed E-state index contributed by atoms with van der Waals surface area (Å²) in [6.07, 6.45) is 0. The van der Waals surface area contributed by atoms with Crippen LogP contribution >= 0.6 is 11.8 Å². The monoisotopic (exact) mass is 365 g/mol. The van der Waals surface area contributed by atoms with E-state index in [1.54, 1.807) is 6.07 Å². The third-order valence-electron chi connectivity index (χ3n) is 3.97. The Labute approximate surface area is 152 Å². The van der Waals surface area contributed by atoms with Crippen molar-refractivity contribution in [3.63, 3.8) is 0 Å². The van der Waals surface area contributed by atoms with E-state index in [4.69, 9.17) is 10.2 Å². The lowest BCUT2D eigenvalue weighted by Gasteiger charge is -2.11. The number of rotatable bonds is 4. The number of benzene rings is 2. The van der Waals surface area contributed by atoms with Crippen molar-refractivity contribution in [2.75, 3.05) is 5.75 Å². The van der Waals surface area contributed by atoms with Crippen molar-refractivity contribution in [2.45, 2.75) is 12.1 Å².